The number of nitrogens with zero attached hydrogens (tertiary/aromatic N) is 1. The summed E-state index contributed by atoms with van der Waals surface area (Å²) in [6.07, 6.45) is 3.53. The zero-order valence-corrected chi connectivity index (χ0v) is 12.5. The van der Waals surface area contributed by atoms with E-state index in [9.17, 15) is 9.59 Å². The molecule has 7 nitrogen and oxygen atoms in total. The third kappa shape index (κ3) is 4.23. The summed E-state index contributed by atoms with van der Waals surface area (Å²) >= 11 is 1.24. The molecule has 0 bridgehead atoms. The molecule has 1 fully saturated rings. The van der Waals surface area contributed by atoms with Crippen LogP contribution in [0.25, 0.3) is 0 Å². The summed E-state index contributed by atoms with van der Waals surface area (Å²) in [5.74, 6) is -1.51. The van der Waals surface area contributed by atoms with E-state index in [0.717, 1.165) is 17.8 Å². The maximum absolute atomic E-state index is 12.1. The van der Waals surface area contributed by atoms with E-state index >= 15 is 0 Å². The fraction of sp³-hybridized carbons (Fsp3) is 0.615. The Morgan fingerprint density at radius 2 is 2.48 bits per heavy atom. The molecule has 2 heterocycles. The Balaban J connectivity index is 1.96. The number of ether oxygens (including phenoxy) is 2. The first-order valence-corrected chi connectivity index (χ1v) is 7.53. The predicted molar refractivity (Wildman–Crippen MR) is 75.4 cm³/mol. The van der Waals surface area contributed by atoms with Crippen LogP contribution in [0.2, 0.25) is 0 Å². The van der Waals surface area contributed by atoms with Crippen LogP contribution >= 0.6 is 11.3 Å². The molecule has 2 N–H and O–H groups in total. The second kappa shape index (κ2) is 7.48. The van der Waals surface area contributed by atoms with E-state index in [1.165, 1.54) is 24.6 Å². The van der Waals surface area contributed by atoms with E-state index in [1.807, 2.05) is 0 Å². The molecule has 0 saturated carbocycles. The second-order valence-corrected chi connectivity index (χ2v) is 5.77. The van der Waals surface area contributed by atoms with Crippen LogP contribution in [0.4, 0.5) is 0 Å². The van der Waals surface area contributed by atoms with Gasteiger partial charge in [-0.25, -0.2) is 9.78 Å². The van der Waals surface area contributed by atoms with E-state index in [4.69, 9.17) is 14.6 Å². The van der Waals surface area contributed by atoms with Crippen molar-refractivity contribution in [1.29, 1.82) is 0 Å². The maximum Gasteiger partial charge on any atom is 0.326 e. The molecule has 0 aliphatic carbocycles. The van der Waals surface area contributed by atoms with Crippen molar-refractivity contribution in [3.05, 3.63) is 16.1 Å². The minimum Gasteiger partial charge on any atom is -0.480 e. The summed E-state index contributed by atoms with van der Waals surface area (Å²) in [4.78, 5) is 27.7. The van der Waals surface area contributed by atoms with Gasteiger partial charge in [-0.1, -0.05) is 0 Å². The fourth-order valence-electron chi connectivity index (χ4n) is 2.04. The van der Waals surface area contributed by atoms with Crippen LogP contribution in [0.15, 0.2) is 6.20 Å². The van der Waals surface area contributed by atoms with E-state index in [1.54, 1.807) is 0 Å². The first-order valence-electron chi connectivity index (χ1n) is 6.71. The van der Waals surface area contributed by atoms with Crippen LogP contribution in [0.5, 0.6) is 0 Å². The average molecular weight is 314 g/mol. The molecule has 116 valence electrons. The van der Waals surface area contributed by atoms with Gasteiger partial charge in [0, 0.05) is 26.7 Å². The highest BCUT2D eigenvalue weighted by atomic mass is 32.1. The predicted octanol–water partition coefficient (Wildman–Crippen LogP) is 1.21. The normalized spacial score (nSPS) is 19.4. The van der Waals surface area contributed by atoms with Crippen LogP contribution in [0, 0.1) is 0 Å². The smallest absolute Gasteiger partial charge is 0.326 e. The minimum atomic E-state index is -1.08. The Morgan fingerprint density at radius 1 is 1.67 bits per heavy atom. The third-order valence-corrected chi connectivity index (χ3v) is 4.25. The zero-order chi connectivity index (χ0) is 15.2. The molecule has 1 aliphatic heterocycles. The molecular formula is C13H18N2O5S. The number of carbonyl (C=O) groups is 2. The number of thiazole rings is 1. The number of carbonyl (C=O) groups excluding carboxylic acids is 1. The van der Waals surface area contributed by atoms with Crippen molar-refractivity contribution in [1.82, 2.24) is 10.3 Å². The molecule has 1 aromatic heterocycles. The highest BCUT2D eigenvalue weighted by Crippen LogP contribution is 2.31. The fourth-order valence-corrected chi connectivity index (χ4v) is 2.94. The van der Waals surface area contributed by atoms with E-state index in [2.05, 4.69) is 10.3 Å². The molecule has 8 heteroatoms. The number of methoxy groups -OCH3 is 1. The Bertz CT molecular complexity index is 499. The van der Waals surface area contributed by atoms with Gasteiger partial charge in [0.15, 0.2) is 0 Å². The van der Waals surface area contributed by atoms with E-state index in [0.29, 0.717) is 11.5 Å². The van der Waals surface area contributed by atoms with Gasteiger partial charge in [0.05, 0.1) is 6.20 Å². The maximum atomic E-state index is 12.1. The Morgan fingerprint density at radius 3 is 3.10 bits per heavy atom. The highest BCUT2D eigenvalue weighted by molar-refractivity contribution is 7.13. The van der Waals surface area contributed by atoms with Gasteiger partial charge >= 0.3 is 5.97 Å². The van der Waals surface area contributed by atoms with Crippen LogP contribution in [0.3, 0.4) is 0 Å². The number of aromatic nitrogens is 1. The summed E-state index contributed by atoms with van der Waals surface area (Å²) < 4.78 is 10.4. The summed E-state index contributed by atoms with van der Waals surface area (Å²) in [6, 6.07) is -0.967. The average Bonchev–Trinajstić information content (AvgIpc) is 3.12. The number of nitrogens with one attached hydrogen (secondary N) is 1. The second-order valence-electron chi connectivity index (χ2n) is 4.71. The minimum absolute atomic E-state index is 0.0414. The van der Waals surface area contributed by atoms with E-state index in [-0.39, 0.29) is 19.1 Å². The largest absolute Gasteiger partial charge is 0.480 e. The number of aliphatic carboxylic acids is 1. The van der Waals surface area contributed by atoms with Gasteiger partial charge in [-0.2, -0.15) is 0 Å². The van der Waals surface area contributed by atoms with Gasteiger partial charge in [0.25, 0.3) is 5.91 Å². The van der Waals surface area contributed by atoms with Crippen molar-refractivity contribution < 1.29 is 24.2 Å². The monoisotopic (exact) mass is 314 g/mol. The number of rotatable bonds is 7. The zero-order valence-electron chi connectivity index (χ0n) is 11.7. The first kappa shape index (κ1) is 15.9. The Labute approximate surface area is 126 Å². The van der Waals surface area contributed by atoms with Crippen molar-refractivity contribution in [3.8, 4) is 0 Å². The lowest BCUT2D eigenvalue weighted by molar-refractivity contribution is -0.139. The first-order chi connectivity index (χ1) is 10.1. The lowest BCUT2D eigenvalue weighted by atomic mass is 10.2. The van der Waals surface area contributed by atoms with Gasteiger partial charge in [0.2, 0.25) is 0 Å². The Hall–Kier alpha value is -1.51. The molecule has 21 heavy (non-hydrogen) atoms. The van der Waals surface area contributed by atoms with Crippen molar-refractivity contribution >= 4 is 23.2 Å². The van der Waals surface area contributed by atoms with Gasteiger partial charge < -0.3 is 19.9 Å². The molecule has 1 amide bonds. The molecule has 1 aromatic rings. The van der Waals surface area contributed by atoms with Crippen LogP contribution < -0.4 is 5.32 Å². The van der Waals surface area contributed by atoms with Gasteiger partial charge in [-0.05, 0) is 12.8 Å². The number of hydrogen-bond donors (Lipinski definition) is 2. The topological polar surface area (TPSA) is 97.8 Å². The molecule has 2 atom stereocenters. The molecule has 0 radical (unpaired) electrons. The third-order valence-electron chi connectivity index (χ3n) is 3.17. The standard InChI is InChI=1S/C13H18N2O5S/c1-19-6-4-8(13(17)18)15-11(16)10-7-14-12(21-10)9-3-2-5-20-9/h7-9H,2-6H2,1H3,(H,15,16)(H,17,18). The van der Waals surface area contributed by atoms with Crippen molar-refractivity contribution in [2.24, 2.45) is 0 Å². The summed E-state index contributed by atoms with van der Waals surface area (Å²) in [5, 5.41) is 12.3. The van der Waals surface area contributed by atoms with Gasteiger partial charge in [-0.15, -0.1) is 11.3 Å². The number of amides is 1. The SMILES string of the molecule is COCCC(NC(=O)c1cnc(C2CCCO2)s1)C(=O)O. The highest BCUT2D eigenvalue weighted by Gasteiger charge is 2.25. The van der Waals surface area contributed by atoms with Crippen molar-refractivity contribution in [2.45, 2.75) is 31.4 Å². The lowest BCUT2D eigenvalue weighted by Crippen LogP contribution is -2.41. The molecule has 0 aromatic carbocycles. The van der Waals surface area contributed by atoms with E-state index < -0.39 is 17.9 Å². The molecule has 1 aliphatic rings. The molecule has 1 saturated heterocycles. The van der Waals surface area contributed by atoms with Crippen LogP contribution in [-0.2, 0) is 14.3 Å². The quantitative estimate of drug-likeness (QED) is 0.785. The number of carboxylic acid groups (broad SMARTS) is 1. The van der Waals surface area contributed by atoms with Crippen molar-refractivity contribution in [3.63, 3.8) is 0 Å². The summed E-state index contributed by atoms with van der Waals surface area (Å²) in [6.45, 7) is 0.977. The van der Waals surface area contributed by atoms with Crippen LogP contribution in [0.1, 0.15) is 40.0 Å². The summed E-state index contributed by atoms with van der Waals surface area (Å²) in [5.41, 5.74) is 0. The molecular weight excluding hydrogens is 296 g/mol. The lowest BCUT2D eigenvalue weighted by Gasteiger charge is -2.13. The van der Waals surface area contributed by atoms with Gasteiger partial charge in [0.1, 0.15) is 22.0 Å². The summed E-state index contributed by atoms with van der Waals surface area (Å²) in [7, 11) is 1.48. The van der Waals surface area contributed by atoms with Crippen LogP contribution in [-0.4, -0.2) is 48.3 Å². The molecule has 2 rings (SSSR count). The van der Waals surface area contributed by atoms with Crippen molar-refractivity contribution in [2.75, 3.05) is 20.3 Å². The Kier molecular flexibility index (Phi) is 5.66. The molecule has 0 spiro atoms. The van der Waals surface area contributed by atoms with Gasteiger partial charge in [-0.3, -0.25) is 4.79 Å². The number of carboxylic acids is 1. The number of hydrogen-bond acceptors (Lipinski definition) is 6. The molecule has 2 unspecified atom stereocenters.